The number of amides is 2. The molecule has 8 heteroatoms. The largest absolute Gasteiger partial charge is 0.507 e. The van der Waals surface area contributed by atoms with E-state index in [0.29, 0.717) is 11.3 Å². The van der Waals surface area contributed by atoms with Crippen LogP contribution in [0.1, 0.15) is 20.7 Å². The number of methoxy groups -OCH3 is 1. The second-order valence-electron chi connectivity index (χ2n) is 4.83. The number of rotatable bonds is 5. The van der Waals surface area contributed by atoms with Gasteiger partial charge in [-0.25, -0.2) is 4.79 Å². The Morgan fingerprint density at radius 1 is 1.04 bits per heavy atom. The summed E-state index contributed by atoms with van der Waals surface area (Å²) in [6.07, 6.45) is 0. The van der Waals surface area contributed by atoms with Crippen LogP contribution in [0.2, 0.25) is 0 Å². The average molecular weight is 344 g/mol. The third-order valence-corrected chi connectivity index (χ3v) is 3.11. The monoisotopic (exact) mass is 344 g/mol. The SMILES string of the molecule is COc1ccc(O)c(C(=O)OCC(=O)NNC(=O)c2ccccc2)c1. The summed E-state index contributed by atoms with van der Waals surface area (Å²) in [7, 11) is 1.41. The number of phenolic OH excluding ortho intramolecular Hbond substituents is 1. The number of hydrogen-bond acceptors (Lipinski definition) is 6. The summed E-state index contributed by atoms with van der Waals surface area (Å²) in [4.78, 5) is 35.3. The van der Waals surface area contributed by atoms with Crippen LogP contribution in [0.3, 0.4) is 0 Å². The lowest BCUT2D eigenvalue weighted by Gasteiger charge is -2.09. The van der Waals surface area contributed by atoms with Crippen LogP contribution in [0.15, 0.2) is 48.5 Å². The topological polar surface area (TPSA) is 114 Å². The van der Waals surface area contributed by atoms with Crippen molar-refractivity contribution in [3.8, 4) is 11.5 Å². The van der Waals surface area contributed by atoms with Crippen molar-refractivity contribution >= 4 is 17.8 Å². The molecular weight excluding hydrogens is 328 g/mol. The van der Waals surface area contributed by atoms with Crippen molar-refractivity contribution in [1.29, 1.82) is 0 Å². The van der Waals surface area contributed by atoms with E-state index in [0.717, 1.165) is 0 Å². The Labute approximate surface area is 143 Å². The number of carbonyl (C=O) groups is 3. The van der Waals surface area contributed by atoms with Gasteiger partial charge < -0.3 is 14.6 Å². The van der Waals surface area contributed by atoms with Gasteiger partial charge in [-0.3, -0.25) is 20.4 Å². The van der Waals surface area contributed by atoms with Crippen molar-refractivity contribution in [3.05, 3.63) is 59.7 Å². The molecule has 0 atom stereocenters. The molecule has 0 heterocycles. The van der Waals surface area contributed by atoms with E-state index in [1.165, 1.54) is 25.3 Å². The van der Waals surface area contributed by atoms with Gasteiger partial charge in [0.25, 0.3) is 11.8 Å². The number of phenols is 1. The minimum absolute atomic E-state index is 0.138. The van der Waals surface area contributed by atoms with Crippen molar-refractivity contribution in [1.82, 2.24) is 10.9 Å². The summed E-state index contributed by atoms with van der Waals surface area (Å²) < 4.78 is 9.74. The number of hydrazine groups is 1. The van der Waals surface area contributed by atoms with Gasteiger partial charge in [-0.2, -0.15) is 0 Å². The maximum absolute atomic E-state index is 11.9. The summed E-state index contributed by atoms with van der Waals surface area (Å²) in [6.45, 7) is -0.634. The fourth-order valence-electron chi connectivity index (χ4n) is 1.84. The molecule has 2 rings (SSSR count). The molecule has 0 saturated heterocycles. The van der Waals surface area contributed by atoms with Crippen molar-refractivity contribution in [3.63, 3.8) is 0 Å². The van der Waals surface area contributed by atoms with E-state index in [4.69, 9.17) is 9.47 Å². The molecule has 0 spiro atoms. The fourth-order valence-corrected chi connectivity index (χ4v) is 1.84. The number of nitrogens with one attached hydrogen (secondary N) is 2. The number of benzene rings is 2. The lowest BCUT2D eigenvalue weighted by molar-refractivity contribution is -0.125. The van der Waals surface area contributed by atoms with E-state index >= 15 is 0 Å². The zero-order valence-electron chi connectivity index (χ0n) is 13.3. The van der Waals surface area contributed by atoms with Crippen LogP contribution in [0.5, 0.6) is 11.5 Å². The minimum atomic E-state index is -0.902. The first-order chi connectivity index (χ1) is 12.0. The number of hydrogen-bond donors (Lipinski definition) is 3. The van der Waals surface area contributed by atoms with E-state index in [9.17, 15) is 19.5 Å². The number of esters is 1. The molecule has 0 radical (unpaired) electrons. The zero-order valence-corrected chi connectivity index (χ0v) is 13.3. The summed E-state index contributed by atoms with van der Waals surface area (Å²) in [6, 6.07) is 12.3. The third kappa shape index (κ3) is 4.96. The van der Waals surface area contributed by atoms with Gasteiger partial charge in [-0.05, 0) is 30.3 Å². The van der Waals surface area contributed by atoms with Crippen molar-refractivity contribution in [2.75, 3.05) is 13.7 Å². The van der Waals surface area contributed by atoms with Crippen LogP contribution in [-0.2, 0) is 9.53 Å². The molecular formula is C17H16N2O6. The molecule has 2 aromatic rings. The van der Waals surface area contributed by atoms with Crippen LogP contribution in [0.4, 0.5) is 0 Å². The van der Waals surface area contributed by atoms with E-state index in [1.54, 1.807) is 30.3 Å². The van der Waals surface area contributed by atoms with Gasteiger partial charge in [0.1, 0.15) is 17.1 Å². The van der Waals surface area contributed by atoms with Crippen molar-refractivity contribution < 1.29 is 29.0 Å². The lowest BCUT2D eigenvalue weighted by Crippen LogP contribution is -2.43. The first-order valence-corrected chi connectivity index (χ1v) is 7.19. The Bertz CT molecular complexity index is 776. The molecule has 0 aliphatic rings. The maximum atomic E-state index is 11.9. The summed E-state index contributed by atoms with van der Waals surface area (Å²) in [5, 5.41) is 9.65. The first kappa shape index (κ1) is 17.8. The molecule has 2 aromatic carbocycles. The van der Waals surface area contributed by atoms with Gasteiger partial charge in [0, 0.05) is 5.56 Å². The highest BCUT2D eigenvalue weighted by atomic mass is 16.5. The average Bonchev–Trinajstić information content (AvgIpc) is 2.65. The first-order valence-electron chi connectivity index (χ1n) is 7.19. The molecule has 0 unspecified atom stereocenters. The molecule has 130 valence electrons. The smallest absolute Gasteiger partial charge is 0.342 e. The van der Waals surface area contributed by atoms with Gasteiger partial charge in [-0.15, -0.1) is 0 Å². The quantitative estimate of drug-likeness (QED) is 0.551. The second kappa shape index (κ2) is 8.34. The maximum Gasteiger partial charge on any atom is 0.342 e. The number of carbonyl (C=O) groups excluding carboxylic acids is 3. The Hall–Kier alpha value is -3.55. The predicted molar refractivity (Wildman–Crippen MR) is 87.0 cm³/mol. The lowest BCUT2D eigenvalue weighted by atomic mass is 10.2. The van der Waals surface area contributed by atoms with Gasteiger partial charge in [0.2, 0.25) is 0 Å². The minimum Gasteiger partial charge on any atom is -0.507 e. The molecule has 0 bridgehead atoms. The van der Waals surface area contributed by atoms with Crippen LogP contribution in [0.25, 0.3) is 0 Å². The molecule has 3 N–H and O–H groups in total. The normalized spacial score (nSPS) is 9.80. The van der Waals surface area contributed by atoms with E-state index in [-0.39, 0.29) is 11.3 Å². The summed E-state index contributed by atoms with van der Waals surface area (Å²) in [5.41, 5.74) is 4.54. The third-order valence-electron chi connectivity index (χ3n) is 3.11. The van der Waals surface area contributed by atoms with E-state index < -0.39 is 24.4 Å². The van der Waals surface area contributed by atoms with Crippen molar-refractivity contribution in [2.24, 2.45) is 0 Å². The Morgan fingerprint density at radius 2 is 1.76 bits per heavy atom. The highest BCUT2D eigenvalue weighted by molar-refractivity contribution is 5.96. The highest BCUT2D eigenvalue weighted by Gasteiger charge is 2.16. The van der Waals surface area contributed by atoms with Gasteiger partial charge >= 0.3 is 5.97 Å². The fraction of sp³-hybridized carbons (Fsp3) is 0.118. The summed E-state index contributed by atoms with van der Waals surface area (Å²) in [5.74, 6) is -2.10. The summed E-state index contributed by atoms with van der Waals surface area (Å²) >= 11 is 0. The molecule has 0 aromatic heterocycles. The molecule has 8 nitrogen and oxygen atoms in total. The molecule has 0 saturated carbocycles. The van der Waals surface area contributed by atoms with Crippen LogP contribution >= 0.6 is 0 Å². The Balaban J connectivity index is 1.83. The zero-order chi connectivity index (χ0) is 18.2. The van der Waals surface area contributed by atoms with Gasteiger partial charge in [-0.1, -0.05) is 18.2 Å². The molecule has 0 aliphatic carbocycles. The standard InChI is InChI=1S/C17H16N2O6/c1-24-12-7-8-14(20)13(9-12)17(23)25-10-15(21)18-19-16(22)11-5-3-2-4-6-11/h2-9,20H,10H2,1H3,(H,18,21)(H,19,22). The molecule has 2 amide bonds. The highest BCUT2D eigenvalue weighted by Crippen LogP contribution is 2.23. The van der Waals surface area contributed by atoms with Crippen LogP contribution < -0.4 is 15.6 Å². The molecule has 0 fully saturated rings. The van der Waals surface area contributed by atoms with Crippen LogP contribution in [-0.4, -0.2) is 36.6 Å². The van der Waals surface area contributed by atoms with Gasteiger partial charge in [0.05, 0.1) is 7.11 Å². The number of ether oxygens (including phenoxy) is 2. The molecule has 25 heavy (non-hydrogen) atoms. The van der Waals surface area contributed by atoms with E-state index in [2.05, 4.69) is 10.9 Å². The Morgan fingerprint density at radius 3 is 2.44 bits per heavy atom. The number of aromatic hydroxyl groups is 1. The van der Waals surface area contributed by atoms with Gasteiger partial charge in [0.15, 0.2) is 6.61 Å². The molecule has 0 aliphatic heterocycles. The van der Waals surface area contributed by atoms with Crippen LogP contribution in [0, 0.1) is 0 Å². The Kier molecular flexibility index (Phi) is 5.94. The predicted octanol–water partition coefficient (Wildman–Crippen LogP) is 1.02. The second-order valence-corrected chi connectivity index (χ2v) is 4.83. The van der Waals surface area contributed by atoms with E-state index in [1.807, 2.05) is 0 Å². The van der Waals surface area contributed by atoms with Crippen molar-refractivity contribution in [2.45, 2.75) is 0 Å².